The van der Waals surface area contributed by atoms with Gasteiger partial charge in [-0.25, -0.2) is 19.6 Å². The first kappa shape index (κ1) is 37.3. The average molecular weight is 810 g/mol. The van der Waals surface area contributed by atoms with Crippen molar-refractivity contribution in [1.29, 1.82) is 0 Å². The number of benzene rings is 3. The Kier molecular flexibility index (Phi) is 9.12. The third kappa shape index (κ3) is 6.75. The van der Waals surface area contributed by atoms with Gasteiger partial charge < -0.3 is 14.4 Å². The first-order valence-corrected chi connectivity index (χ1v) is 20.8. The normalized spacial score (nSPS) is 21.1. The number of amides is 4. The Bertz CT molecular complexity index is 2670. The highest BCUT2D eigenvalue weighted by Gasteiger charge is 2.45. The predicted octanol–water partition coefficient (Wildman–Crippen LogP) is 6.68. The molecule has 14 nitrogen and oxygen atoms in total. The molecule has 15 heteroatoms. The molecule has 4 aliphatic rings. The summed E-state index contributed by atoms with van der Waals surface area (Å²) in [5.41, 5.74) is 8.72. The van der Waals surface area contributed by atoms with Gasteiger partial charge in [0.05, 0.1) is 11.1 Å². The smallest absolute Gasteiger partial charge is 0.369 e. The number of aryl methyl sites for hydroxylation is 1. The maximum atomic E-state index is 13.2. The lowest BCUT2D eigenvalue weighted by Crippen LogP contribution is -2.53. The molecule has 3 aromatic carbocycles. The van der Waals surface area contributed by atoms with Gasteiger partial charge in [-0.15, -0.1) is 0 Å². The molecule has 2 N–H and O–H groups in total. The first-order chi connectivity index (χ1) is 28.5. The Morgan fingerprint density at radius 3 is 2.46 bits per heavy atom. The molecule has 0 radical (unpaired) electrons. The Morgan fingerprint density at radius 1 is 0.966 bits per heavy atom. The number of rotatable bonds is 9. The maximum Gasteiger partial charge on any atom is 0.491 e. The van der Waals surface area contributed by atoms with Crippen molar-refractivity contribution in [3.63, 3.8) is 0 Å². The van der Waals surface area contributed by atoms with Gasteiger partial charge in [-0.05, 0) is 80.0 Å². The zero-order chi connectivity index (χ0) is 40.6. The molecule has 2 saturated carbocycles. The Hall–Kier alpha value is -5.93. The van der Waals surface area contributed by atoms with Crippen LogP contribution in [0.1, 0.15) is 91.1 Å². The van der Waals surface area contributed by atoms with E-state index in [1.165, 1.54) is 15.2 Å². The number of urea groups is 1. The Labute approximate surface area is 346 Å². The van der Waals surface area contributed by atoms with Gasteiger partial charge >= 0.3 is 17.8 Å². The van der Waals surface area contributed by atoms with Gasteiger partial charge in [0, 0.05) is 90.9 Å². The topological polar surface area (TPSA) is 156 Å². The molecule has 0 bridgehead atoms. The fourth-order valence-electron chi connectivity index (χ4n) is 9.03. The van der Waals surface area contributed by atoms with Gasteiger partial charge in [0.2, 0.25) is 5.91 Å². The van der Waals surface area contributed by atoms with E-state index in [2.05, 4.69) is 78.5 Å². The van der Waals surface area contributed by atoms with E-state index in [-0.39, 0.29) is 23.2 Å². The number of fused-ring (bicyclic) bond motifs is 3. The number of hydrogen-bond donors (Lipinski definition) is 2. The zero-order valence-electron chi connectivity index (χ0n) is 33.3. The SMILES string of the molecule is Cc1cc(-c2ncnc3[nH]c4cc(N5CCN(C6CC(c7ccc(N8CCC(=O)NC8=O)cc7)C6)CC5)ccc4c23)ccc1[C@@H](C)[N+](=S)C(=O)c1nc(C2(C)CC2)no1. The largest absolute Gasteiger partial charge is 0.491 e. The van der Waals surface area contributed by atoms with Gasteiger partial charge in [-0.3, -0.25) is 19.9 Å². The minimum atomic E-state index is -0.476. The van der Waals surface area contributed by atoms with Crippen molar-refractivity contribution in [1.82, 2.24) is 35.3 Å². The highest BCUT2D eigenvalue weighted by molar-refractivity contribution is 7.44. The predicted molar refractivity (Wildman–Crippen MR) is 224 cm³/mol. The molecule has 300 valence electrons. The number of anilines is 2. The van der Waals surface area contributed by atoms with E-state index in [4.69, 9.17) is 21.9 Å². The Morgan fingerprint density at radius 2 is 1.73 bits per heavy atom. The van der Waals surface area contributed by atoms with Gasteiger partial charge in [0.15, 0.2) is 11.9 Å². The quantitative estimate of drug-likeness (QED) is 0.150. The number of aromatic nitrogens is 5. The third-order valence-electron chi connectivity index (χ3n) is 13.1. The molecular formula is C44H45N10O4S+. The molecule has 2 aliphatic carbocycles. The minimum absolute atomic E-state index is 0.0751. The second kappa shape index (κ2) is 14.4. The molecule has 3 aromatic heterocycles. The minimum Gasteiger partial charge on any atom is -0.369 e. The summed E-state index contributed by atoms with van der Waals surface area (Å²) in [5, 5.41) is 8.48. The van der Waals surface area contributed by atoms with Gasteiger partial charge in [0.1, 0.15) is 12.0 Å². The highest BCUT2D eigenvalue weighted by atomic mass is 32.1. The number of H-pyrrole nitrogens is 1. The highest BCUT2D eigenvalue weighted by Crippen LogP contribution is 2.46. The van der Waals surface area contributed by atoms with E-state index in [0.29, 0.717) is 30.7 Å². The molecule has 59 heavy (non-hydrogen) atoms. The Balaban J connectivity index is 0.784. The van der Waals surface area contributed by atoms with E-state index >= 15 is 0 Å². The van der Waals surface area contributed by atoms with E-state index in [1.807, 2.05) is 38.1 Å². The van der Waals surface area contributed by atoms with Crippen LogP contribution in [0.25, 0.3) is 33.2 Å². The van der Waals surface area contributed by atoms with E-state index in [0.717, 1.165) is 102 Å². The summed E-state index contributed by atoms with van der Waals surface area (Å²) in [5.74, 6) is 0.315. The summed E-state index contributed by atoms with van der Waals surface area (Å²) in [4.78, 5) is 61.1. The summed E-state index contributed by atoms with van der Waals surface area (Å²) in [6.45, 7) is 10.4. The summed E-state index contributed by atoms with van der Waals surface area (Å²) < 4.78 is 6.56. The van der Waals surface area contributed by atoms with Crippen molar-refractivity contribution in [3.8, 4) is 11.3 Å². The molecular weight excluding hydrogens is 765 g/mol. The molecule has 6 aromatic rings. The molecule has 4 fully saturated rings. The van der Waals surface area contributed by atoms with Crippen LogP contribution in [0.3, 0.4) is 0 Å². The van der Waals surface area contributed by atoms with Crippen LogP contribution in [-0.4, -0.2) is 90.5 Å². The van der Waals surface area contributed by atoms with Crippen molar-refractivity contribution in [2.24, 2.45) is 0 Å². The number of piperazine rings is 1. The zero-order valence-corrected chi connectivity index (χ0v) is 34.1. The van der Waals surface area contributed by atoms with Crippen LogP contribution < -0.4 is 15.1 Å². The van der Waals surface area contributed by atoms with Crippen molar-refractivity contribution in [2.75, 3.05) is 42.5 Å². The van der Waals surface area contributed by atoms with E-state index in [1.54, 1.807) is 11.2 Å². The number of nitrogens with one attached hydrogen (secondary N) is 2. The maximum absolute atomic E-state index is 13.2. The van der Waals surface area contributed by atoms with Crippen LogP contribution in [0, 0.1) is 6.92 Å². The van der Waals surface area contributed by atoms with Crippen LogP contribution in [0.5, 0.6) is 0 Å². The molecule has 1 atom stereocenters. The van der Waals surface area contributed by atoms with Crippen molar-refractivity contribution in [3.05, 3.63) is 95.4 Å². The summed E-state index contributed by atoms with van der Waals surface area (Å²) >= 11 is 5.59. The lowest BCUT2D eigenvalue weighted by atomic mass is 9.75. The van der Waals surface area contributed by atoms with E-state index in [9.17, 15) is 14.4 Å². The molecule has 2 aliphatic heterocycles. The average Bonchev–Trinajstić information content (AvgIpc) is 3.59. The summed E-state index contributed by atoms with van der Waals surface area (Å²) in [7, 11) is 0. The second-order valence-electron chi connectivity index (χ2n) is 16.9. The number of imide groups is 1. The number of hydrogen-bond acceptors (Lipinski definition) is 11. The van der Waals surface area contributed by atoms with Crippen LogP contribution >= 0.6 is 0 Å². The van der Waals surface area contributed by atoms with Crippen molar-refractivity contribution < 1.29 is 22.9 Å². The fourth-order valence-corrected chi connectivity index (χ4v) is 9.22. The monoisotopic (exact) mass is 809 g/mol. The molecule has 4 amide bonds. The first-order valence-electron chi connectivity index (χ1n) is 20.5. The van der Waals surface area contributed by atoms with Crippen LogP contribution in [0.2, 0.25) is 0 Å². The molecule has 0 unspecified atom stereocenters. The van der Waals surface area contributed by atoms with Crippen LogP contribution in [0.15, 0.2) is 71.5 Å². The third-order valence-corrected chi connectivity index (χ3v) is 13.6. The number of aromatic amines is 1. The van der Waals surface area contributed by atoms with Crippen molar-refractivity contribution >= 4 is 63.6 Å². The summed E-state index contributed by atoms with van der Waals surface area (Å²) in [6, 6.07) is 20.8. The van der Waals surface area contributed by atoms with Gasteiger partial charge in [-0.2, -0.15) is 4.98 Å². The lowest BCUT2D eigenvalue weighted by Gasteiger charge is -2.47. The number of nitrogens with zero attached hydrogens (tertiary/aromatic N) is 8. The molecule has 5 heterocycles. The van der Waals surface area contributed by atoms with Crippen LogP contribution in [-0.2, 0) is 22.6 Å². The van der Waals surface area contributed by atoms with Crippen molar-refractivity contribution in [2.45, 2.75) is 76.3 Å². The number of carbonyl (C=O) groups excluding carboxylic acids is 3. The van der Waals surface area contributed by atoms with Gasteiger partial charge in [0.25, 0.3) is 12.4 Å². The van der Waals surface area contributed by atoms with E-state index < -0.39 is 11.9 Å². The fraction of sp³-hybridized carbons (Fsp3) is 0.386. The summed E-state index contributed by atoms with van der Waals surface area (Å²) in [6.07, 6.45) is 6.16. The second-order valence-corrected chi connectivity index (χ2v) is 17.2. The molecule has 0 spiro atoms. The standard InChI is InChI=1S/C44H44N10O4S/c1-25-20-28(6-10-33(25)26(2)54(59)41(56)40-49-42(50-58-40)44(3)13-14-44)38-37-34-11-9-31(23-35(34)47-39(37)46-24-45-38)51-16-18-52(19-17-51)32-21-29(22-32)27-4-7-30(8-5-27)53-15-12-36(55)48-43(53)57/h4-11,20,23-24,26,29,32H,12-19,21-22H2,1-3H3,(H-,45,46,47,48,55,57)/p+1/t26-,29?,32?/m1/s1. The number of carbonyl (C=O) groups is 3. The molecule has 2 saturated heterocycles. The van der Waals surface area contributed by atoms with Crippen LogP contribution in [0.4, 0.5) is 16.2 Å². The van der Waals surface area contributed by atoms with Gasteiger partial charge in [-0.1, -0.05) is 46.4 Å². The molecule has 10 rings (SSSR count). The lowest BCUT2D eigenvalue weighted by molar-refractivity contribution is -0.446.